The summed E-state index contributed by atoms with van der Waals surface area (Å²) in [6.07, 6.45) is 2.25. The third kappa shape index (κ3) is 7.24. The number of hydrogen-bond acceptors (Lipinski definition) is 4. The first kappa shape index (κ1) is 16.9. The Morgan fingerprint density at radius 2 is 2.11 bits per heavy atom. The quantitative estimate of drug-likeness (QED) is 0.558. The van der Waals surface area contributed by atoms with Crippen LogP contribution in [0.3, 0.4) is 0 Å². The lowest BCUT2D eigenvalue weighted by atomic mass is 10.1. The average Bonchev–Trinajstić information content (AvgIpc) is 2.34. The molecule has 2 amide bonds. The molecule has 3 N–H and O–H groups in total. The number of ether oxygens (including phenoxy) is 1. The SMILES string of the molecule is CCC[C@H](N)C(=O)N(C)CC(=O)NCCCOC. The van der Waals surface area contributed by atoms with E-state index in [9.17, 15) is 9.59 Å². The number of amides is 2. The Hall–Kier alpha value is -1.14. The van der Waals surface area contributed by atoms with Gasteiger partial charge in [-0.25, -0.2) is 0 Å². The molecule has 0 rings (SSSR count). The summed E-state index contributed by atoms with van der Waals surface area (Å²) in [5, 5.41) is 2.72. The molecule has 0 bridgehead atoms. The number of nitrogens with zero attached hydrogens (tertiary/aromatic N) is 1. The molecule has 0 aliphatic rings. The van der Waals surface area contributed by atoms with Gasteiger partial charge in [-0.15, -0.1) is 0 Å². The van der Waals surface area contributed by atoms with Crippen LogP contribution in [0.1, 0.15) is 26.2 Å². The molecule has 0 aromatic carbocycles. The molecule has 0 aliphatic heterocycles. The standard InChI is InChI=1S/C12H25N3O3/c1-4-6-10(13)12(17)15(2)9-11(16)14-7-5-8-18-3/h10H,4-9,13H2,1-3H3,(H,14,16)/t10-/m0/s1. The molecule has 0 radical (unpaired) electrons. The van der Waals surface area contributed by atoms with Crippen LogP contribution in [0.2, 0.25) is 0 Å². The first-order chi connectivity index (χ1) is 8.52. The molecule has 0 aromatic rings. The van der Waals surface area contributed by atoms with E-state index in [0.717, 1.165) is 12.8 Å². The van der Waals surface area contributed by atoms with Crippen molar-refractivity contribution in [3.05, 3.63) is 0 Å². The molecule has 0 heterocycles. The van der Waals surface area contributed by atoms with Crippen LogP contribution >= 0.6 is 0 Å². The number of methoxy groups -OCH3 is 1. The summed E-state index contributed by atoms with van der Waals surface area (Å²) in [6.45, 7) is 3.17. The van der Waals surface area contributed by atoms with Crippen molar-refractivity contribution in [3.63, 3.8) is 0 Å². The summed E-state index contributed by atoms with van der Waals surface area (Å²) in [5.74, 6) is -0.366. The summed E-state index contributed by atoms with van der Waals surface area (Å²) in [7, 11) is 3.20. The van der Waals surface area contributed by atoms with Crippen molar-refractivity contribution in [1.82, 2.24) is 10.2 Å². The molecule has 1 atom stereocenters. The molecular weight excluding hydrogens is 234 g/mol. The van der Waals surface area contributed by atoms with Gasteiger partial charge >= 0.3 is 0 Å². The molecule has 18 heavy (non-hydrogen) atoms. The van der Waals surface area contributed by atoms with Crippen molar-refractivity contribution in [2.24, 2.45) is 5.73 Å². The lowest BCUT2D eigenvalue weighted by Gasteiger charge is -2.20. The lowest BCUT2D eigenvalue weighted by molar-refractivity contribution is -0.135. The van der Waals surface area contributed by atoms with Crippen LogP contribution in [0.5, 0.6) is 0 Å². The second kappa shape index (κ2) is 9.85. The first-order valence-corrected chi connectivity index (χ1v) is 6.29. The van der Waals surface area contributed by atoms with Crippen molar-refractivity contribution in [2.45, 2.75) is 32.2 Å². The second-order valence-corrected chi connectivity index (χ2v) is 4.29. The maximum Gasteiger partial charge on any atom is 0.239 e. The number of hydrogen-bond donors (Lipinski definition) is 2. The van der Waals surface area contributed by atoms with E-state index in [0.29, 0.717) is 19.6 Å². The molecule has 0 aliphatic carbocycles. The number of carbonyl (C=O) groups excluding carboxylic acids is 2. The first-order valence-electron chi connectivity index (χ1n) is 6.29. The van der Waals surface area contributed by atoms with E-state index in [-0.39, 0.29) is 18.4 Å². The third-order valence-electron chi connectivity index (χ3n) is 2.52. The number of nitrogens with one attached hydrogen (secondary N) is 1. The van der Waals surface area contributed by atoms with Gasteiger partial charge in [0.25, 0.3) is 0 Å². The molecule has 6 heteroatoms. The maximum absolute atomic E-state index is 11.7. The molecule has 0 saturated carbocycles. The smallest absolute Gasteiger partial charge is 0.239 e. The van der Waals surface area contributed by atoms with Crippen molar-refractivity contribution < 1.29 is 14.3 Å². The fourth-order valence-corrected chi connectivity index (χ4v) is 1.51. The Morgan fingerprint density at radius 3 is 2.67 bits per heavy atom. The highest BCUT2D eigenvalue weighted by atomic mass is 16.5. The minimum atomic E-state index is -0.513. The summed E-state index contributed by atoms with van der Waals surface area (Å²) in [4.78, 5) is 24.6. The van der Waals surface area contributed by atoms with Crippen LogP contribution in [0.25, 0.3) is 0 Å². The van der Waals surface area contributed by atoms with E-state index < -0.39 is 6.04 Å². The topological polar surface area (TPSA) is 84.7 Å². The van der Waals surface area contributed by atoms with Crippen LogP contribution in [-0.2, 0) is 14.3 Å². The summed E-state index contributed by atoms with van der Waals surface area (Å²) < 4.78 is 4.87. The third-order valence-corrected chi connectivity index (χ3v) is 2.52. The molecule has 6 nitrogen and oxygen atoms in total. The van der Waals surface area contributed by atoms with Gasteiger partial charge in [-0.05, 0) is 12.8 Å². The zero-order valence-electron chi connectivity index (χ0n) is 11.6. The largest absolute Gasteiger partial charge is 0.385 e. The van der Waals surface area contributed by atoms with Crippen molar-refractivity contribution in [3.8, 4) is 0 Å². The van der Waals surface area contributed by atoms with E-state index >= 15 is 0 Å². The van der Waals surface area contributed by atoms with Gasteiger partial charge < -0.3 is 20.7 Å². The van der Waals surface area contributed by atoms with Gasteiger partial charge in [-0.3, -0.25) is 9.59 Å². The van der Waals surface area contributed by atoms with Crippen LogP contribution in [0.15, 0.2) is 0 Å². The molecular formula is C12H25N3O3. The van der Waals surface area contributed by atoms with E-state index in [4.69, 9.17) is 10.5 Å². The number of rotatable bonds is 9. The minimum absolute atomic E-state index is 0.0449. The highest BCUT2D eigenvalue weighted by Gasteiger charge is 2.18. The Bertz CT molecular complexity index is 259. The predicted octanol–water partition coefficient (Wildman–Crippen LogP) is -0.275. The van der Waals surface area contributed by atoms with E-state index in [1.807, 2.05) is 6.92 Å². The molecule has 0 fully saturated rings. The maximum atomic E-state index is 11.7. The monoisotopic (exact) mass is 259 g/mol. The van der Waals surface area contributed by atoms with Gasteiger partial charge in [-0.1, -0.05) is 13.3 Å². The highest BCUT2D eigenvalue weighted by Crippen LogP contribution is 1.97. The molecule has 0 unspecified atom stereocenters. The van der Waals surface area contributed by atoms with E-state index in [1.165, 1.54) is 4.90 Å². The fraction of sp³-hybridized carbons (Fsp3) is 0.833. The van der Waals surface area contributed by atoms with Gasteiger partial charge in [0, 0.05) is 27.3 Å². The predicted molar refractivity (Wildman–Crippen MR) is 70.0 cm³/mol. The Morgan fingerprint density at radius 1 is 1.44 bits per heavy atom. The van der Waals surface area contributed by atoms with Crippen LogP contribution in [0, 0.1) is 0 Å². The summed E-state index contributed by atoms with van der Waals surface area (Å²) in [5.41, 5.74) is 5.70. The number of likely N-dealkylation sites (N-methyl/N-ethyl adjacent to an activating group) is 1. The highest BCUT2D eigenvalue weighted by molar-refractivity contribution is 5.87. The van der Waals surface area contributed by atoms with E-state index in [2.05, 4.69) is 5.32 Å². The fourth-order valence-electron chi connectivity index (χ4n) is 1.51. The number of nitrogens with two attached hydrogens (primary N) is 1. The Kier molecular flexibility index (Phi) is 9.22. The van der Waals surface area contributed by atoms with Gasteiger partial charge in [0.05, 0.1) is 12.6 Å². The molecule has 0 aromatic heterocycles. The summed E-state index contributed by atoms with van der Waals surface area (Å²) in [6, 6.07) is -0.513. The summed E-state index contributed by atoms with van der Waals surface area (Å²) >= 11 is 0. The normalized spacial score (nSPS) is 12.0. The minimum Gasteiger partial charge on any atom is -0.385 e. The zero-order valence-corrected chi connectivity index (χ0v) is 11.6. The lowest BCUT2D eigenvalue weighted by Crippen LogP contribution is -2.46. The van der Waals surface area contributed by atoms with Crippen molar-refractivity contribution in [2.75, 3.05) is 33.9 Å². The Labute approximate surface area is 109 Å². The van der Waals surface area contributed by atoms with Gasteiger partial charge in [0.1, 0.15) is 0 Å². The average molecular weight is 259 g/mol. The van der Waals surface area contributed by atoms with Crippen molar-refractivity contribution in [1.29, 1.82) is 0 Å². The van der Waals surface area contributed by atoms with Gasteiger partial charge in [-0.2, -0.15) is 0 Å². The van der Waals surface area contributed by atoms with Gasteiger partial charge in [0.2, 0.25) is 11.8 Å². The van der Waals surface area contributed by atoms with Crippen molar-refractivity contribution >= 4 is 11.8 Å². The van der Waals surface area contributed by atoms with E-state index in [1.54, 1.807) is 14.2 Å². The molecule has 0 spiro atoms. The molecule has 106 valence electrons. The van der Waals surface area contributed by atoms with Crippen LogP contribution in [0.4, 0.5) is 0 Å². The van der Waals surface area contributed by atoms with Crippen LogP contribution < -0.4 is 11.1 Å². The second-order valence-electron chi connectivity index (χ2n) is 4.29. The number of carbonyl (C=O) groups is 2. The Balaban J connectivity index is 3.88. The zero-order chi connectivity index (χ0) is 14.0. The molecule has 0 saturated heterocycles. The van der Waals surface area contributed by atoms with Gasteiger partial charge in [0.15, 0.2) is 0 Å². The van der Waals surface area contributed by atoms with Crippen LogP contribution in [-0.4, -0.2) is 56.6 Å².